The summed E-state index contributed by atoms with van der Waals surface area (Å²) >= 11 is 5.94. The van der Waals surface area contributed by atoms with Crippen LogP contribution < -0.4 is 5.32 Å². The van der Waals surface area contributed by atoms with Gasteiger partial charge in [-0.2, -0.15) is 0 Å². The Bertz CT molecular complexity index is 539. The summed E-state index contributed by atoms with van der Waals surface area (Å²) in [6.45, 7) is 5.22. The number of aliphatic carboxylic acids is 1. The van der Waals surface area contributed by atoms with Crippen LogP contribution in [0.2, 0.25) is 5.02 Å². The number of carbonyl (C=O) groups is 2. The van der Waals surface area contributed by atoms with Crippen molar-refractivity contribution in [3.63, 3.8) is 0 Å². The smallest absolute Gasteiger partial charge is 0.412 e. The Morgan fingerprint density at radius 3 is 2.52 bits per heavy atom. The van der Waals surface area contributed by atoms with Crippen LogP contribution in [0.1, 0.15) is 26.3 Å². The van der Waals surface area contributed by atoms with Crippen LogP contribution in [0.5, 0.6) is 0 Å². The van der Waals surface area contributed by atoms with Gasteiger partial charge in [-0.3, -0.25) is 5.32 Å². The molecule has 0 aliphatic rings. The van der Waals surface area contributed by atoms with Gasteiger partial charge < -0.3 is 14.9 Å². The average molecular weight is 316 g/mol. The first-order valence-corrected chi connectivity index (χ1v) is 6.65. The predicted octanol–water partition coefficient (Wildman–Crippen LogP) is 2.67. The molecule has 0 spiro atoms. The third kappa shape index (κ3) is 6.01. The molecule has 0 aromatic heterocycles. The van der Waals surface area contributed by atoms with Crippen molar-refractivity contribution in [1.82, 2.24) is 0 Å². The van der Waals surface area contributed by atoms with E-state index in [1.807, 2.05) is 0 Å². The fourth-order valence-corrected chi connectivity index (χ4v) is 1.72. The number of amides is 1. The van der Waals surface area contributed by atoms with Gasteiger partial charge in [-0.25, -0.2) is 9.59 Å². The molecule has 0 heterocycles. The van der Waals surface area contributed by atoms with E-state index in [0.29, 0.717) is 16.3 Å². The highest BCUT2D eigenvalue weighted by atomic mass is 35.5. The van der Waals surface area contributed by atoms with Gasteiger partial charge in [-0.05, 0) is 44.5 Å². The molecule has 116 valence electrons. The first-order chi connectivity index (χ1) is 9.58. The van der Waals surface area contributed by atoms with Crippen molar-refractivity contribution in [3.05, 3.63) is 28.8 Å². The zero-order valence-electron chi connectivity index (χ0n) is 12.0. The summed E-state index contributed by atoms with van der Waals surface area (Å²) in [5.41, 5.74) is 0.195. The van der Waals surface area contributed by atoms with Crippen molar-refractivity contribution >= 4 is 29.4 Å². The maximum Gasteiger partial charge on any atom is 0.412 e. The quantitative estimate of drug-likeness (QED) is 0.794. The first kappa shape index (κ1) is 17.3. The lowest BCUT2D eigenvalue weighted by molar-refractivity contribution is -0.146. The summed E-state index contributed by atoms with van der Waals surface area (Å²) in [5, 5.41) is 20.9. The molecular weight excluding hydrogens is 298 g/mol. The van der Waals surface area contributed by atoms with E-state index in [-0.39, 0.29) is 6.42 Å². The Morgan fingerprint density at radius 1 is 1.38 bits per heavy atom. The van der Waals surface area contributed by atoms with E-state index in [1.165, 1.54) is 12.1 Å². The first-order valence-electron chi connectivity index (χ1n) is 6.28. The summed E-state index contributed by atoms with van der Waals surface area (Å²) in [6.07, 6.45) is -2.34. The highest BCUT2D eigenvalue weighted by Gasteiger charge is 2.18. The van der Waals surface area contributed by atoms with Crippen LogP contribution in [0.15, 0.2) is 18.2 Å². The Morgan fingerprint density at radius 2 is 2.00 bits per heavy atom. The number of carboxylic acids is 1. The van der Waals surface area contributed by atoms with Crippen LogP contribution in [-0.2, 0) is 16.0 Å². The molecule has 0 saturated heterocycles. The molecule has 1 amide bonds. The van der Waals surface area contributed by atoms with Crippen molar-refractivity contribution in [3.8, 4) is 0 Å². The van der Waals surface area contributed by atoms with E-state index >= 15 is 0 Å². The number of benzene rings is 1. The molecule has 7 heteroatoms. The summed E-state index contributed by atoms with van der Waals surface area (Å²) in [7, 11) is 0. The molecule has 0 aliphatic heterocycles. The molecule has 3 N–H and O–H groups in total. The molecular formula is C14H18ClNO5. The number of ether oxygens (including phenoxy) is 1. The number of aliphatic hydroxyl groups is 1. The van der Waals surface area contributed by atoms with Gasteiger partial charge in [0.2, 0.25) is 0 Å². The second-order valence-corrected chi connectivity index (χ2v) is 5.90. The molecule has 1 unspecified atom stereocenters. The van der Waals surface area contributed by atoms with Crippen molar-refractivity contribution in [2.24, 2.45) is 0 Å². The zero-order valence-corrected chi connectivity index (χ0v) is 12.8. The molecule has 6 nitrogen and oxygen atoms in total. The third-order valence-electron chi connectivity index (χ3n) is 2.39. The number of nitrogens with one attached hydrogen (secondary N) is 1. The maximum absolute atomic E-state index is 11.6. The lowest BCUT2D eigenvalue weighted by Gasteiger charge is -2.20. The number of halogens is 1. The van der Waals surface area contributed by atoms with Gasteiger partial charge in [0.25, 0.3) is 0 Å². The summed E-state index contributed by atoms with van der Waals surface area (Å²) < 4.78 is 5.10. The molecule has 0 fully saturated rings. The molecule has 1 atom stereocenters. The molecule has 1 aromatic rings. The van der Waals surface area contributed by atoms with Crippen LogP contribution in [0.4, 0.5) is 10.5 Å². The van der Waals surface area contributed by atoms with Crippen molar-refractivity contribution in [2.75, 3.05) is 5.32 Å². The normalized spacial score (nSPS) is 12.6. The zero-order chi connectivity index (χ0) is 16.2. The number of hydrogen-bond donors (Lipinski definition) is 3. The van der Waals surface area contributed by atoms with Crippen molar-refractivity contribution in [1.29, 1.82) is 0 Å². The lowest BCUT2D eigenvalue weighted by Crippen LogP contribution is -2.27. The number of carboxylic acid groups (broad SMARTS) is 1. The Labute approximate surface area is 127 Å². The van der Waals surface area contributed by atoms with E-state index in [9.17, 15) is 14.7 Å². The molecule has 1 aromatic carbocycles. The topological polar surface area (TPSA) is 95.9 Å². The van der Waals surface area contributed by atoms with Gasteiger partial charge in [0.05, 0.1) is 0 Å². The minimum Gasteiger partial charge on any atom is -0.479 e. The highest BCUT2D eigenvalue weighted by molar-refractivity contribution is 6.31. The number of carbonyl (C=O) groups excluding carboxylic acids is 1. The van der Waals surface area contributed by atoms with E-state index in [2.05, 4.69) is 5.32 Å². The van der Waals surface area contributed by atoms with Crippen LogP contribution in [0.3, 0.4) is 0 Å². The van der Waals surface area contributed by atoms with Crippen molar-refractivity contribution < 1.29 is 24.5 Å². The molecule has 0 saturated carbocycles. The van der Waals surface area contributed by atoms with Gasteiger partial charge in [0.15, 0.2) is 6.10 Å². The largest absolute Gasteiger partial charge is 0.479 e. The second-order valence-electron chi connectivity index (χ2n) is 5.49. The summed E-state index contributed by atoms with van der Waals surface area (Å²) in [6, 6.07) is 4.57. The van der Waals surface area contributed by atoms with E-state index in [0.717, 1.165) is 0 Å². The Kier molecular flexibility index (Phi) is 5.57. The summed E-state index contributed by atoms with van der Waals surface area (Å²) in [5.74, 6) is -1.34. The van der Waals surface area contributed by atoms with E-state index in [4.69, 9.17) is 21.4 Å². The van der Waals surface area contributed by atoms with Crippen LogP contribution in [0, 0.1) is 0 Å². The van der Waals surface area contributed by atoms with Gasteiger partial charge in [0.1, 0.15) is 5.60 Å². The van der Waals surface area contributed by atoms with E-state index in [1.54, 1.807) is 26.8 Å². The highest BCUT2D eigenvalue weighted by Crippen LogP contribution is 2.22. The van der Waals surface area contributed by atoms with Crippen LogP contribution >= 0.6 is 11.6 Å². The predicted molar refractivity (Wildman–Crippen MR) is 78.7 cm³/mol. The molecule has 0 aliphatic carbocycles. The van der Waals surface area contributed by atoms with E-state index < -0.39 is 23.8 Å². The van der Waals surface area contributed by atoms with Gasteiger partial charge in [-0.1, -0.05) is 11.6 Å². The van der Waals surface area contributed by atoms with Gasteiger partial charge in [0, 0.05) is 17.1 Å². The fourth-order valence-electron chi connectivity index (χ4n) is 1.53. The van der Waals surface area contributed by atoms with Gasteiger partial charge >= 0.3 is 12.1 Å². The lowest BCUT2D eigenvalue weighted by atomic mass is 10.1. The fraction of sp³-hybridized carbons (Fsp3) is 0.429. The molecule has 0 radical (unpaired) electrons. The number of rotatable bonds is 4. The minimum atomic E-state index is -1.56. The molecule has 21 heavy (non-hydrogen) atoms. The standard InChI is InChI=1S/C14H18ClNO5/c1-14(2,3)21-13(20)16-9-4-5-10(15)8(6-9)7-11(17)12(18)19/h4-6,11,17H,7H2,1-3H3,(H,16,20)(H,18,19). The number of anilines is 1. The van der Waals surface area contributed by atoms with Crippen LogP contribution in [0.25, 0.3) is 0 Å². The monoisotopic (exact) mass is 315 g/mol. The number of aliphatic hydroxyl groups excluding tert-OH is 1. The third-order valence-corrected chi connectivity index (χ3v) is 2.76. The maximum atomic E-state index is 11.6. The SMILES string of the molecule is CC(C)(C)OC(=O)Nc1ccc(Cl)c(CC(O)C(=O)O)c1. The average Bonchev–Trinajstić information content (AvgIpc) is 2.30. The second kappa shape index (κ2) is 6.78. The molecule has 0 bridgehead atoms. The minimum absolute atomic E-state index is 0.155. The Hall–Kier alpha value is -1.79. The van der Waals surface area contributed by atoms with Gasteiger partial charge in [-0.15, -0.1) is 0 Å². The molecule has 1 rings (SSSR count). The Balaban J connectivity index is 2.82. The van der Waals surface area contributed by atoms with Crippen LogP contribution in [-0.4, -0.2) is 34.0 Å². The van der Waals surface area contributed by atoms with Crippen molar-refractivity contribution in [2.45, 2.75) is 38.9 Å². The summed E-state index contributed by atoms with van der Waals surface area (Å²) in [4.78, 5) is 22.3. The number of hydrogen-bond acceptors (Lipinski definition) is 4.